The van der Waals surface area contributed by atoms with Crippen molar-refractivity contribution in [1.82, 2.24) is 0 Å². The van der Waals surface area contributed by atoms with E-state index in [1.54, 1.807) is 5.19 Å². The van der Waals surface area contributed by atoms with Gasteiger partial charge in [-0.05, 0) is 17.7 Å². The highest BCUT2D eigenvalue weighted by atomic mass is 29.3. The molecule has 0 spiro atoms. The fourth-order valence-electron chi connectivity index (χ4n) is 3.88. The molecule has 1 unspecified atom stereocenters. The van der Waals surface area contributed by atoms with Crippen molar-refractivity contribution in [2.24, 2.45) is 5.10 Å². The average Bonchev–Trinajstić information content (AvgIpc) is 3.62. The lowest BCUT2D eigenvalue weighted by atomic mass is 10.2. The average molecular weight is 445 g/mol. The minimum absolute atomic E-state index is 0.289. The zero-order valence-corrected chi connectivity index (χ0v) is 21.0. The number of hydrazone groups is 1. The van der Waals surface area contributed by atoms with Crippen molar-refractivity contribution in [2.45, 2.75) is 32.3 Å². The summed E-state index contributed by atoms with van der Waals surface area (Å²) in [5.74, 6) is 0. The van der Waals surface area contributed by atoms with Gasteiger partial charge in [0.1, 0.15) is 6.10 Å². The smallest absolute Gasteiger partial charge is 0.101 e. The first-order valence-electron chi connectivity index (χ1n) is 11.0. The number of rotatable bonds is 8. The summed E-state index contributed by atoms with van der Waals surface area (Å²) < 4.78 is 5.43. The summed E-state index contributed by atoms with van der Waals surface area (Å²) in [6.45, 7) is 11.7. The molecule has 3 nitrogen and oxygen atoms in total. The van der Waals surface area contributed by atoms with Crippen LogP contribution < -0.4 is 15.4 Å². The second-order valence-corrected chi connectivity index (χ2v) is 24.5. The van der Waals surface area contributed by atoms with Crippen molar-refractivity contribution in [3.05, 3.63) is 90.5 Å². The van der Waals surface area contributed by atoms with Gasteiger partial charge in [0.25, 0.3) is 0 Å². The summed E-state index contributed by atoms with van der Waals surface area (Å²) in [6, 6.07) is 30.5. The normalized spacial score (nSPS) is 16.5. The Morgan fingerprint density at radius 1 is 0.806 bits per heavy atom. The molecule has 0 radical (unpaired) electrons. The SMILES string of the molecule is C[Si](C)(c1ccccc1)[Si](C)(C)c1ccc(/C=N/N(CC2CO2)c2ccccc2)cc1. The standard InChI is InChI=1S/C26H32N2OSi2/c1-30(2,25-13-9-6-10-14-25)31(3,4)26-17-15-22(16-18-26)19-27-28(20-24-21-29-24)23-11-7-5-8-12-23/h5-19,24H,20-21H2,1-4H3/b27-19+. The Morgan fingerprint density at radius 2 is 1.32 bits per heavy atom. The first kappa shape index (κ1) is 21.7. The van der Waals surface area contributed by atoms with Crippen LogP contribution in [0.1, 0.15) is 5.56 Å². The zero-order chi connectivity index (χ0) is 21.9. The Hall–Kier alpha value is -2.48. The highest BCUT2D eigenvalue weighted by Crippen LogP contribution is 2.21. The van der Waals surface area contributed by atoms with Gasteiger partial charge in [0.15, 0.2) is 0 Å². The van der Waals surface area contributed by atoms with Gasteiger partial charge in [-0.15, -0.1) is 0 Å². The molecule has 1 heterocycles. The summed E-state index contributed by atoms with van der Waals surface area (Å²) >= 11 is 0. The van der Waals surface area contributed by atoms with Crippen molar-refractivity contribution in [3.8, 4) is 0 Å². The summed E-state index contributed by atoms with van der Waals surface area (Å²) in [6.07, 6.45) is 2.25. The molecule has 3 aromatic rings. The Kier molecular flexibility index (Phi) is 6.27. The van der Waals surface area contributed by atoms with E-state index in [4.69, 9.17) is 9.84 Å². The fourth-order valence-corrected chi connectivity index (χ4v) is 12.7. The predicted octanol–water partition coefficient (Wildman–Crippen LogP) is 4.54. The molecule has 1 aliphatic heterocycles. The van der Waals surface area contributed by atoms with Crippen LogP contribution in [0.3, 0.4) is 0 Å². The number of hydrogen-bond acceptors (Lipinski definition) is 3. The third-order valence-corrected chi connectivity index (χ3v) is 24.7. The Morgan fingerprint density at radius 3 is 1.87 bits per heavy atom. The maximum Gasteiger partial charge on any atom is 0.101 e. The first-order chi connectivity index (χ1) is 14.9. The zero-order valence-electron chi connectivity index (χ0n) is 19.0. The van der Waals surface area contributed by atoms with E-state index in [-0.39, 0.29) is 6.10 Å². The molecular weight excluding hydrogens is 412 g/mol. The number of anilines is 1. The third-order valence-electron chi connectivity index (χ3n) is 6.87. The molecule has 0 N–H and O–H groups in total. The molecule has 3 aromatic carbocycles. The van der Waals surface area contributed by atoms with Gasteiger partial charge in [0, 0.05) is 0 Å². The van der Waals surface area contributed by atoms with Gasteiger partial charge in [-0.1, -0.05) is 109 Å². The van der Waals surface area contributed by atoms with Crippen LogP contribution in [-0.2, 0) is 4.74 Å². The molecule has 5 heteroatoms. The van der Waals surface area contributed by atoms with Gasteiger partial charge >= 0.3 is 0 Å². The topological polar surface area (TPSA) is 28.1 Å². The highest BCUT2D eigenvalue weighted by molar-refractivity contribution is 7.49. The second-order valence-electron chi connectivity index (χ2n) is 9.36. The molecule has 1 atom stereocenters. The van der Waals surface area contributed by atoms with E-state index >= 15 is 0 Å². The summed E-state index contributed by atoms with van der Waals surface area (Å²) in [7, 11) is -3.19. The predicted molar refractivity (Wildman–Crippen MR) is 138 cm³/mol. The Bertz CT molecular complexity index is 1010. The summed E-state index contributed by atoms with van der Waals surface area (Å²) in [5.41, 5.74) is 2.22. The van der Waals surface area contributed by atoms with Gasteiger partial charge in [0.2, 0.25) is 0 Å². The minimum atomic E-state index is -1.61. The molecule has 1 saturated heterocycles. The van der Waals surface area contributed by atoms with E-state index in [1.807, 2.05) is 29.4 Å². The molecule has 0 aliphatic carbocycles. The van der Waals surface area contributed by atoms with E-state index in [0.717, 1.165) is 24.4 Å². The fraction of sp³-hybridized carbons (Fsp3) is 0.269. The van der Waals surface area contributed by atoms with E-state index in [0.29, 0.717) is 0 Å². The lowest BCUT2D eigenvalue weighted by molar-refractivity contribution is 0.408. The van der Waals surface area contributed by atoms with Crippen LogP contribution in [0.4, 0.5) is 5.69 Å². The number of para-hydroxylation sites is 1. The number of nitrogens with zero attached hydrogens (tertiary/aromatic N) is 2. The third kappa shape index (κ3) is 4.89. The number of hydrogen-bond donors (Lipinski definition) is 0. The van der Waals surface area contributed by atoms with Gasteiger partial charge in [-0.3, -0.25) is 5.01 Å². The number of epoxide rings is 1. The van der Waals surface area contributed by atoms with Crippen LogP contribution in [0.25, 0.3) is 0 Å². The van der Waals surface area contributed by atoms with Crippen LogP contribution in [0.5, 0.6) is 0 Å². The lowest BCUT2D eigenvalue weighted by Gasteiger charge is -2.39. The Balaban J connectivity index is 1.53. The molecule has 160 valence electrons. The Labute approximate surface area is 188 Å². The van der Waals surface area contributed by atoms with Crippen LogP contribution in [0.2, 0.25) is 26.2 Å². The molecule has 4 rings (SSSR count). The van der Waals surface area contributed by atoms with Crippen molar-refractivity contribution in [1.29, 1.82) is 0 Å². The monoisotopic (exact) mass is 444 g/mol. The van der Waals surface area contributed by atoms with Crippen molar-refractivity contribution in [2.75, 3.05) is 18.2 Å². The molecule has 0 aromatic heterocycles. The van der Waals surface area contributed by atoms with Gasteiger partial charge in [0.05, 0.1) is 40.2 Å². The molecule has 1 aliphatic rings. The van der Waals surface area contributed by atoms with Crippen molar-refractivity contribution < 1.29 is 4.74 Å². The van der Waals surface area contributed by atoms with Crippen molar-refractivity contribution in [3.63, 3.8) is 0 Å². The van der Waals surface area contributed by atoms with E-state index in [2.05, 4.69) is 92.9 Å². The van der Waals surface area contributed by atoms with Crippen LogP contribution in [0, 0.1) is 0 Å². The maximum atomic E-state index is 5.43. The van der Waals surface area contributed by atoms with Gasteiger partial charge in [-0.25, -0.2) is 0 Å². The minimum Gasteiger partial charge on any atom is -0.371 e. The van der Waals surface area contributed by atoms with Crippen molar-refractivity contribution >= 4 is 37.5 Å². The maximum absolute atomic E-state index is 5.43. The van der Waals surface area contributed by atoms with E-state index in [1.165, 1.54) is 5.19 Å². The van der Waals surface area contributed by atoms with Crippen LogP contribution in [0.15, 0.2) is 90.0 Å². The van der Waals surface area contributed by atoms with E-state index in [9.17, 15) is 0 Å². The number of ether oxygens (including phenoxy) is 1. The first-order valence-corrected chi connectivity index (χ1v) is 18.0. The highest BCUT2D eigenvalue weighted by Gasteiger charge is 2.43. The second kappa shape index (κ2) is 8.95. The quantitative estimate of drug-likeness (QED) is 0.221. The largest absolute Gasteiger partial charge is 0.371 e. The molecular formula is C26H32N2OSi2. The van der Waals surface area contributed by atoms with Crippen LogP contribution >= 0.6 is 0 Å². The van der Waals surface area contributed by atoms with Crippen LogP contribution in [-0.4, -0.2) is 40.7 Å². The van der Waals surface area contributed by atoms with Gasteiger partial charge < -0.3 is 4.74 Å². The molecule has 0 bridgehead atoms. The summed E-state index contributed by atoms with van der Waals surface area (Å²) in [5, 5.41) is 9.90. The molecule has 0 saturated carbocycles. The molecule has 0 amide bonds. The molecule has 1 fully saturated rings. The van der Waals surface area contributed by atoms with Gasteiger partial charge in [-0.2, -0.15) is 5.10 Å². The lowest BCUT2D eigenvalue weighted by Crippen LogP contribution is -2.69. The summed E-state index contributed by atoms with van der Waals surface area (Å²) in [4.78, 5) is 0. The number of benzene rings is 3. The van der Waals surface area contributed by atoms with E-state index < -0.39 is 15.2 Å². The molecule has 31 heavy (non-hydrogen) atoms.